The number of nitrogens with zero attached hydrogens (tertiary/aromatic N) is 1. The Balaban J connectivity index is 1.97. The molecule has 0 spiro atoms. The monoisotopic (exact) mass is 226 g/mol. The highest BCUT2D eigenvalue weighted by Gasteiger charge is 2.45. The molecule has 4 nitrogen and oxygen atoms in total. The molecule has 0 amide bonds. The van der Waals surface area contributed by atoms with Gasteiger partial charge in [0.25, 0.3) is 0 Å². The Labute approximate surface area is 96.8 Å². The van der Waals surface area contributed by atoms with Gasteiger partial charge in [-0.2, -0.15) is 0 Å². The second-order valence-electron chi connectivity index (χ2n) is 6.24. The Bertz CT molecular complexity index is 303. The zero-order valence-corrected chi connectivity index (χ0v) is 10.2. The Morgan fingerprint density at radius 3 is 2.56 bits per heavy atom. The average molecular weight is 226 g/mol. The SMILES string of the molecule is CC1(C)CCN(C2CCC(N)(C(=O)O)C2)C1. The minimum atomic E-state index is -0.975. The van der Waals surface area contributed by atoms with Gasteiger partial charge in [-0.3, -0.25) is 9.69 Å². The third kappa shape index (κ3) is 2.09. The van der Waals surface area contributed by atoms with Gasteiger partial charge in [0, 0.05) is 12.6 Å². The first-order valence-electron chi connectivity index (χ1n) is 6.09. The predicted molar refractivity (Wildman–Crippen MR) is 62.2 cm³/mol. The minimum Gasteiger partial charge on any atom is -0.480 e. The Hall–Kier alpha value is -0.610. The van der Waals surface area contributed by atoms with E-state index in [-0.39, 0.29) is 0 Å². The van der Waals surface area contributed by atoms with Crippen LogP contribution in [0.5, 0.6) is 0 Å². The van der Waals surface area contributed by atoms with Crippen molar-refractivity contribution < 1.29 is 9.90 Å². The molecule has 0 aromatic carbocycles. The molecule has 16 heavy (non-hydrogen) atoms. The van der Waals surface area contributed by atoms with Crippen molar-refractivity contribution >= 4 is 5.97 Å². The summed E-state index contributed by atoms with van der Waals surface area (Å²) in [5, 5.41) is 9.09. The molecule has 92 valence electrons. The van der Waals surface area contributed by atoms with Gasteiger partial charge >= 0.3 is 5.97 Å². The number of aliphatic carboxylic acids is 1. The number of rotatable bonds is 2. The van der Waals surface area contributed by atoms with Crippen LogP contribution >= 0.6 is 0 Å². The lowest BCUT2D eigenvalue weighted by atomic mass is 9.93. The highest BCUT2D eigenvalue weighted by Crippen LogP contribution is 2.37. The van der Waals surface area contributed by atoms with Crippen molar-refractivity contribution in [2.45, 2.75) is 51.1 Å². The summed E-state index contributed by atoms with van der Waals surface area (Å²) in [5.41, 5.74) is 5.30. The standard InChI is InChI=1S/C12H22N2O2/c1-11(2)5-6-14(8-11)9-3-4-12(13,7-9)10(15)16/h9H,3-8,13H2,1-2H3,(H,15,16). The first-order chi connectivity index (χ1) is 7.32. The summed E-state index contributed by atoms with van der Waals surface area (Å²) in [4.78, 5) is 13.5. The second kappa shape index (κ2) is 3.70. The molecule has 1 aliphatic carbocycles. The molecule has 1 aliphatic heterocycles. The molecule has 2 atom stereocenters. The van der Waals surface area contributed by atoms with Crippen LogP contribution in [-0.2, 0) is 4.79 Å². The molecule has 2 unspecified atom stereocenters. The fourth-order valence-electron chi connectivity index (χ4n) is 3.02. The van der Waals surface area contributed by atoms with Crippen LogP contribution in [0.1, 0.15) is 39.5 Å². The molecule has 1 saturated carbocycles. The topological polar surface area (TPSA) is 66.6 Å². The van der Waals surface area contributed by atoms with Gasteiger partial charge in [0.2, 0.25) is 0 Å². The Morgan fingerprint density at radius 1 is 1.44 bits per heavy atom. The first-order valence-corrected chi connectivity index (χ1v) is 6.09. The lowest BCUT2D eigenvalue weighted by Crippen LogP contribution is -2.47. The van der Waals surface area contributed by atoms with Gasteiger partial charge in [-0.25, -0.2) is 0 Å². The van der Waals surface area contributed by atoms with E-state index in [0.717, 1.165) is 19.5 Å². The van der Waals surface area contributed by atoms with Gasteiger partial charge in [-0.05, 0) is 37.6 Å². The van der Waals surface area contributed by atoms with E-state index in [1.165, 1.54) is 6.42 Å². The number of carboxylic acid groups (broad SMARTS) is 1. The van der Waals surface area contributed by atoms with Crippen LogP contribution in [0.3, 0.4) is 0 Å². The van der Waals surface area contributed by atoms with Crippen molar-refractivity contribution in [3.05, 3.63) is 0 Å². The maximum Gasteiger partial charge on any atom is 0.323 e. The molecule has 0 bridgehead atoms. The zero-order valence-electron chi connectivity index (χ0n) is 10.2. The number of hydrogen-bond donors (Lipinski definition) is 2. The number of nitrogens with two attached hydrogens (primary N) is 1. The quantitative estimate of drug-likeness (QED) is 0.738. The predicted octanol–water partition coefficient (Wildman–Crippen LogP) is 1.05. The average Bonchev–Trinajstić information content (AvgIpc) is 2.70. The molecule has 4 heteroatoms. The van der Waals surface area contributed by atoms with Gasteiger partial charge in [0.1, 0.15) is 5.54 Å². The van der Waals surface area contributed by atoms with Crippen LogP contribution < -0.4 is 5.73 Å². The normalized spacial score (nSPS) is 39.1. The smallest absolute Gasteiger partial charge is 0.323 e. The Kier molecular flexibility index (Phi) is 2.75. The lowest BCUT2D eigenvalue weighted by Gasteiger charge is -2.27. The number of likely N-dealkylation sites (tertiary alicyclic amines) is 1. The summed E-state index contributed by atoms with van der Waals surface area (Å²) in [5.74, 6) is -0.839. The molecule has 0 radical (unpaired) electrons. The van der Waals surface area contributed by atoms with E-state index < -0.39 is 11.5 Å². The van der Waals surface area contributed by atoms with Gasteiger partial charge < -0.3 is 10.8 Å². The van der Waals surface area contributed by atoms with Crippen molar-refractivity contribution in [3.8, 4) is 0 Å². The number of hydrogen-bond acceptors (Lipinski definition) is 3. The molecule has 2 rings (SSSR count). The molecular formula is C12H22N2O2. The summed E-state index contributed by atoms with van der Waals surface area (Å²) in [6, 6.07) is 0.378. The fraction of sp³-hybridized carbons (Fsp3) is 0.917. The van der Waals surface area contributed by atoms with E-state index in [1.807, 2.05) is 0 Å². The van der Waals surface area contributed by atoms with Crippen molar-refractivity contribution in [3.63, 3.8) is 0 Å². The summed E-state index contributed by atoms with van der Waals surface area (Å²) in [7, 11) is 0. The van der Waals surface area contributed by atoms with Crippen LogP contribution in [0.4, 0.5) is 0 Å². The van der Waals surface area contributed by atoms with E-state index in [0.29, 0.717) is 24.3 Å². The van der Waals surface area contributed by atoms with E-state index >= 15 is 0 Å². The molecule has 1 saturated heterocycles. The second-order valence-corrected chi connectivity index (χ2v) is 6.24. The lowest BCUT2D eigenvalue weighted by molar-refractivity contribution is -0.143. The van der Waals surface area contributed by atoms with E-state index in [4.69, 9.17) is 10.8 Å². The van der Waals surface area contributed by atoms with Crippen molar-refractivity contribution in [1.29, 1.82) is 0 Å². The van der Waals surface area contributed by atoms with Crippen LogP contribution in [0.25, 0.3) is 0 Å². The molecule has 3 N–H and O–H groups in total. The van der Waals surface area contributed by atoms with Crippen molar-refractivity contribution in [1.82, 2.24) is 4.90 Å². The van der Waals surface area contributed by atoms with E-state index in [9.17, 15) is 4.79 Å². The highest BCUT2D eigenvalue weighted by molar-refractivity contribution is 5.79. The molecular weight excluding hydrogens is 204 g/mol. The third-order valence-electron chi connectivity index (χ3n) is 4.17. The van der Waals surface area contributed by atoms with Crippen LogP contribution in [0.15, 0.2) is 0 Å². The Morgan fingerprint density at radius 2 is 2.12 bits per heavy atom. The molecule has 2 aliphatic rings. The van der Waals surface area contributed by atoms with Gasteiger partial charge in [-0.1, -0.05) is 13.8 Å². The maximum atomic E-state index is 11.1. The van der Waals surface area contributed by atoms with Crippen molar-refractivity contribution in [2.75, 3.05) is 13.1 Å². The van der Waals surface area contributed by atoms with Gasteiger partial charge in [-0.15, -0.1) is 0 Å². The van der Waals surface area contributed by atoms with E-state index in [2.05, 4.69) is 18.7 Å². The number of carboxylic acids is 1. The fourth-order valence-corrected chi connectivity index (χ4v) is 3.02. The molecule has 0 aromatic rings. The van der Waals surface area contributed by atoms with Crippen LogP contribution in [-0.4, -0.2) is 40.6 Å². The largest absolute Gasteiger partial charge is 0.480 e. The van der Waals surface area contributed by atoms with Crippen LogP contribution in [0.2, 0.25) is 0 Å². The minimum absolute atomic E-state index is 0.378. The van der Waals surface area contributed by atoms with Gasteiger partial charge in [0.15, 0.2) is 0 Å². The zero-order chi connectivity index (χ0) is 12.0. The van der Waals surface area contributed by atoms with Crippen molar-refractivity contribution in [2.24, 2.45) is 11.1 Å². The summed E-state index contributed by atoms with van der Waals surface area (Å²) >= 11 is 0. The molecule has 2 fully saturated rings. The molecule has 0 aromatic heterocycles. The molecule has 1 heterocycles. The van der Waals surface area contributed by atoms with E-state index in [1.54, 1.807) is 0 Å². The van der Waals surface area contributed by atoms with Crippen LogP contribution in [0, 0.1) is 5.41 Å². The highest BCUT2D eigenvalue weighted by atomic mass is 16.4. The third-order valence-corrected chi connectivity index (χ3v) is 4.17. The maximum absolute atomic E-state index is 11.1. The summed E-state index contributed by atoms with van der Waals surface area (Å²) in [6.07, 6.45) is 3.36. The first kappa shape index (κ1) is 11.9. The number of carbonyl (C=O) groups is 1. The van der Waals surface area contributed by atoms with Gasteiger partial charge in [0.05, 0.1) is 0 Å². The summed E-state index contributed by atoms with van der Waals surface area (Å²) in [6.45, 7) is 6.71. The summed E-state index contributed by atoms with van der Waals surface area (Å²) < 4.78 is 0.